The van der Waals surface area contributed by atoms with Crippen molar-refractivity contribution in [3.8, 4) is 5.75 Å². The number of hydrogen-bond donors (Lipinski definition) is 2. The Labute approximate surface area is 220 Å². The van der Waals surface area contributed by atoms with E-state index in [1.807, 2.05) is 79.4 Å². The summed E-state index contributed by atoms with van der Waals surface area (Å²) in [6.07, 6.45) is 8.72. The lowest BCUT2D eigenvalue weighted by Crippen LogP contribution is -2.51. The lowest BCUT2D eigenvalue weighted by Gasteiger charge is -2.53. The predicted molar refractivity (Wildman–Crippen MR) is 149 cm³/mol. The number of H-pyrrole nitrogens is 1. The number of anilines is 1. The van der Waals surface area contributed by atoms with Gasteiger partial charge in [0.25, 0.3) is 5.91 Å². The Morgan fingerprint density at radius 3 is 2.22 bits per heavy atom. The first-order valence-corrected chi connectivity index (χ1v) is 15.6. The number of carbonyl (C=O) groups is 2. The van der Waals surface area contributed by atoms with Crippen LogP contribution in [-0.4, -0.2) is 50.4 Å². The SMILES string of the molecule is CC1(C)c2[nH]nc(NC(=O)C3(S(C)(C)C)CCC3)c2CN1C(=O)C(Oc1ccccc1)c1ccccc1. The Balaban J connectivity index is 1.42. The summed E-state index contributed by atoms with van der Waals surface area (Å²) in [7, 11) is -1.09. The molecule has 1 atom stereocenters. The number of ether oxygens (including phenoxy) is 1. The third kappa shape index (κ3) is 4.31. The highest BCUT2D eigenvalue weighted by Gasteiger charge is 2.52. The standard InChI is InChI=1S/C29H36N4O3S/c1-28(2)24-22(25(32-31-24)30-27(35)29(17-12-18-29)37(3,4)5)19-33(28)26(34)23(20-13-8-6-9-14-20)36-21-15-10-7-11-16-21/h6-11,13-16,23H,12,17-19H2,1-5H3,(H2,30,31,32,35). The Hall–Kier alpha value is -3.26. The van der Waals surface area contributed by atoms with Crippen LogP contribution < -0.4 is 10.1 Å². The van der Waals surface area contributed by atoms with E-state index in [0.29, 0.717) is 18.1 Å². The molecule has 1 fully saturated rings. The Morgan fingerprint density at radius 2 is 1.65 bits per heavy atom. The number of hydrogen-bond acceptors (Lipinski definition) is 4. The maximum atomic E-state index is 14.1. The van der Waals surface area contributed by atoms with Crippen molar-refractivity contribution in [1.82, 2.24) is 15.1 Å². The smallest absolute Gasteiger partial charge is 0.269 e. The van der Waals surface area contributed by atoms with Crippen molar-refractivity contribution in [2.75, 3.05) is 24.1 Å². The summed E-state index contributed by atoms with van der Waals surface area (Å²) >= 11 is 0. The molecule has 2 heterocycles. The molecule has 2 aliphatic rings. The molecule has 5 rings (SSSR count). The number of aromatic amines is 1. The summed E-state index contributed by atoms with van der Waals surface area (Å²) in [5.74, 6) is 1.06. The van der Waals surface area contributed by atoms with Crippen molar-refractivity contribution < 1.29 is 14.3 Å². The molecule has 7 nitrogen and oxygen atoms in total. The highest BCUT2D eigenvalue weighted by atomic mass is 32.3. The highest BCUT2D eigenvalue weighted by Crippen LogP contribution is 2.60. The Kier molecular flexibility index (Phi) is 6.34. The number of nitrogens with zero attached hydrogens (tertiary/aromatic N) is 2. The minimum atomic E-state index is -1.09. The lowest BCUT2D eigenvalue weighted by atomic mass is 9.83. The maximum absolute atomic E-state index is 14.1. The van der Waals surface area contributed by atoms with Crippen molar-refractivity contribution in [2.24, 2.45) is 0 Å². The zero-order valence-electron chi connectivity index (χ0n) is 22.2. The third-order valence-electron chi connectivity index (χ3n) is 8.04. The first kappa shape index (κ1) is 25.4. The van der Waals surface area contributed by atoms with Crippen LogP contribution in [0, 0.1) is 0 Å². The molecule has 0 radical (unpaired) electrons. The van der Waals surface area contributed by atoms with Crippen molar-refractivity contribution in [3.05, 3.63) is 77.5 Å². The predicted octanol–water partition coefficient (Wildman–Crippen LogP) is 5.36. The molecule has 1 saturated carbocycles. The van der Waals surface area contributed by atoms with Gasteiger partial charge in [-0.05, 0) is 64.0 Å². The van der Waals surface area contributed by atoms with Gasteiger partial charge in [0.2, 0.25) is 12.0 Å². The van der Waals surface area contributed by atoms with Crippen LogP contribution in [0.2, 0.25) is 0 Å². The van der Waals surface area contributed by atoms with E-state index in [0.717, 1.165) is 36.1 Å². The fourth-order valence-corrected chi connectivity index (χ4v) is 7.60. The molecule has 2 aromatic carbocycles. The molecule has 1 aromatic heterocycles. The van der Waals surface area contributed by atoms with Crippen LogP contribution >= 0.6 is 10.0 Å². The fourth-order valence-electron chi connectivity index (χ4n) is 5.48. The quantitative estimate of drug-likeness (QED) is 0.439. The molecule has 37 heavy (non-hydrogen) atoms. The van der Waals surface area contributed by atoms with Gasteiger partial charge < -0.3 is 15.0 Å². The van der Waals surface area contributed by atoms with E-state index < -0.39 is 21.7 Å². The van der Waals surface area contributed by atoms with Crippen LogP contribution in [0.25, 0.3) is 0 Å². The number of carbonyl (C=O) groups excluding carboxylic acids is 2. The van der Waals surface area contributed by atoms with Gasteiger partial charge in [-0.25, -0.2) is 10.0 Å². The van der Waals surface area contributed by atoms with Crippen LogP contribution in [-0.2, 0) is 21.7 Å². The number of para-hydroxylation sites is 1. The summed E-state index contributed by atoms with van der Waals surface area (Å²) in [4.78, 5) is 29.4. The Bertz CT molecular complexity index is 1290. The van der Waals surface area contributed by atoms with Gasteiger partial charge >= 0.3 is 0 Å². The summed E-state index contributed by atoms with van der Waals surface area (Å²) in [5, 5.41) is 10.7. The summed E-state index contributed by atoms with van der Waals surface area (Å²) in [6, 6.07) is 19.0. The van der Waals surface area contributed by atoms with E-state index >= 15 is 0 Å². The molecular weight excluding hydrogens is 484 g/mol. The molecule has 8 heteroatoms. The first-order chi connectivity index (χ1) is 17.5. The van der Waals surface area contributed by atoms with Gasteiger partial charge in [0, 0.05) is 11.1 Å². The van der Waals surface area contributed by atoms with E-state index in [4.69, 9.17) is 4.74 Å². The third-order valence-corrected chi connectivity index (χ3v) is 11.0. The zero-order valence-corrected chi connectivity index (χ0v) is 23.0. The number of benzene rings is 2. The lowest BCUT2D eigenvalue weighted by molar-refractivity contribution is -0.144. The Morgan fingerprint density at radius 1 is 1.03 bits per heavy atom. The monoisotopic (exact) mass is 520 g/mol. The average Bonchev–Trinajstić information content (AvgIpc) is 3.34. The zero-order chi connectivity index (χ0) is 26.4. The molecule has 1 aliphatic carbocycles. The number of rotatable bonds is 7. The van der Waals surface area contributed by atoms with Crippen LogP contribution in [0.1, 0.15) is 56.0 Å². The molecule has 0 saturated heterocycles. The van der Waals surface area contributed by atoms with Crippen LogP contribution in [0.3, 0.4) is 0 Å². The van der Waals surface area contributed by atoms with E-state index in [-0.39, 0.29) is 16.6 Å². The second kappa shape index (κ2) is 9.24. The van der Waals surface area contributed by atoms with Crippen LogP contribution in [0.4, 0.5) is 5.82 Å². The normalized spacial score (nSPS) is 18.9. The largest absolute Gasteiger partial charge is 0.476 e. The van der Waals surface area contributed by atoms with Gasteiger partial charge in [0.05, 0.1) is 22.5 Å². The highest BCUT2D eigenvalue weighted by molar-refractivity contribution is 8.33. The van der Waals surface area contributed by atoms with E-state index in [9.17, 15) is 9.59 Å². The number of nitrogens with one attached hydrogen (secondary N) is 2. The average molecular weight is 521 g/mol. The molecule has 196 valence electrons. The van der Waals surface area contributed by atoms with Crippen molar-refractivity contribution >= 4 is 27.7 Å². The van der Waals surface area contributed by atoms with Gasteiger partial charge in [-0.15, -0.1) is 0 Å². The summed E-state index contributed by atoms with van der Waals surface area (Å²) < 4.78 is 5.94. The van der Waals surface area contributed by atoms with Gasteiger partial charge in [-0.3, -0.25) is 14.7 Å². The second-order valence-corrected chi connectivity index (χ2v) is 15.7. The molecule has 0 spiro atoms. The van der Waals surface area contributed by atoms with E-state index in [1.54, 1.807) is 0 Å². The van der Waals surface area contributed by atoms with Crippen molar-refractivity contribution in [2.45, 2.75) is 56.0 Å². The van der Waals surface area contributed by atoms with E-state index in [1.165, 1.54) is 0 Å². The number of aromatic nitrogens is 2. The van der Waals surface area contributed by atoms with Gasteiger partial charge in [-0.1, -0.05) is 48.5 Å². The minimum Gasteiger partial charge on any atom is -0.476 e. The molecule has 0 bridgehead atoms. The van der Waals surface area contributed by atoms with E-state index in [2.05, 4.69) is 34.3 Å². The molecule has 1 unspecified atom stereocenters. The topological polar surface area (TPSA) is 87.3 Å². The second-order valence-electron chi connectivity index (χ2n) is 11.3. The van der Waals surface area contributed by atoms with Crippen LogP contribution in [0.15, 0.2) is 60.7 Å². The molecular formula is C29H36N4O3S. The number of amides is 2. The van der Waals surface area contributed by atoms with Gasteiger partial charge in [0.1, 0.15) is 5.75 Å². The maximum Gasteiger partial charge on any atom is 0.269 e. The van der Waals surface area contributed by atoms with Gasteiger partial charge in [0.15, 0.2) is 5.82 Å². The molecule has 2 N–H and O–H groups in total. The van der Waals surface area contributed by atoms with Crippen LogP contribution in [0.5, 0.6) is 5.75 Å². The molecule has 1 aliphatic heterocycles. The minimum absolute atomic E-state index is 0.0488. The summed E-state index contributed by atoms with van der Waals surface area (Å²) in [6.45, 7) is 4.33. The first-order valence-electron chi connectivity index (χ1n) is 12.7. The van der Waals surface area contributed by atoms with Gasteiger partial charge in [-0.2, -0.15) is 5.10 Å². The fraction of sp³-hybridized carbons (Fsp3) is 0.414. The van der Waals surface area contributed by atoms with Crippen molar-refractivity contribution in [3.63, 3.8) is 0 Å². The molecule has 3 aromatic rings. The molecule has 2 amide bonds. The summed E-state index contributed by atoms with van der Waals surface area (Å²) in [5.41, 5.74) is 1.83. The van der Waals surface area contributed by atoms with Crippen molar-refractivity contribution in [1.29, 1.82) is 0 Å². The number of fused-ring (bicyclic) bond motifs is 1.